The molecule has 0 bridgehead atoms. The van der Waals surface area contributed by atoms with Crippen LogP contribution >= 0.6 is 7.82 Å². The monoisotopic (exact) mass is 983 g/mol. The Morgan fingerprint density at radius 3 is 0.923 bits per heavy atom. The molecule has 0 radical (unpaired) electrons. The number of hydrogen-bond acceptors (Lipinski definition) is 13. The highest BCUT2D eigenvalue weighted by Gasteiger charge is 2.34. The number of phosphoric acid groups is 1. The van der Waals surface area contributed by atoms with E-state index in [9.17, 15) is 44.2 Å². The van der Waals surface area contributed by atoms with Crippen LogP contribution in [0.4, 0.5) is 0 Å². The van der Waals surface area contributed by atoms with Crippen LogP contribution in [0.15, 0.2) is 91.0 Å². The number of unbranched alkanes of at least 4 members (excludes halogenated alkanes) is 6. The van der Waals surface area contributed by atoms with Crippen LogP contribution in [0.3, 0.4) is 0 Å². The van der Waals surface area contributed by atoms with Gasteiger partial charge in [-0.15, -0.1) is 0 Å². The van der Waals surface area contributed by atoms with Gasteiger partial charge in [-0.3, -0.25) is 28.0 Å². The highest BCUT2D eigenvalue weighted by molar-refractivity contribution is 7.92. The van der Waals surface area contributed by atoms with Crippen LogP contribution in [0, 0.1) is 0 Å². The molecule has 0 spiro atoms. The molecule has 3 aromatic rings. The summed E-state index contributed by atoms with van der Waals surface area (Å²) in [5, 5.41) is 7.99. The molecule has 0 fully saturated rings. The van der Waals surface area contributed by atoms with Gasteiger partial charge in [-0.25, -0.2) is 29.8 Å². The average Bonchev–Trinajstić information content (AvgIpc) is 3.25. The van der Waals surface area contributed by atoms with Gasteiger partial charge in [0, 0.05) is 0 Å². The molecule has 0 saturated carbocycles. The Morgan fingerprint density at radius 2 is 0.692 bits per heavy atom. The lowest BCUT2D eigenvalue weighted by atomic mass is 10.1. The molecule has 20 heteroatoms. The van der Waals surface area contributed by atoms with Crippen molar-refractivity contribution in [2.45, 2.75) is 96.7 Å². The summed E-state index contributed by atoms with van der Waals surface area (Å²) in [4.78, 5) is 39.8. The maximum absolute atomic E-state index is 14.9. The number of amides is 3. The predicted molar refractivity (Wildman–Crippen MR) is 252 cm³/mol. The van der Waals surface area contributed by atoms with Crippen LogP contribution in [0.2, 0.25) is 0 Å². The van der Waals surface area contributed by atoms with Gasteiger partial charge in [-0.05, 0) is 36.0 Å². The molecule has 0 aliphatic rings. The molecular formula is C45H66N3O13PS3. The third-order valence-electron chi connectivity index (χ3n) is 10.0. The maximum Gasteiger partial charge on any atom is 0.475 e. The molecule has 3 atom stereocenters. The van der Waals surface area contributed by atoms with E-state index in [4.69, 9.17) is 13.6 Å². The maximum atomic E-state index is 14.9. The molecule has 0 heterocycles. The summed E-state index contributed by atoms with van der Waals surface area (Å²) in [5.74, 6) is -5.42. The minimum atomic E-state index is -4.86. The lowest BCUT2D eigenvalue weighted by Crippen LogP contribution is -2.37. The van der Waals surface area contributed by atoms with Crippen LogP contribution < -0.4 is 16.0 Å². The summed E-state index contributed by atoms with van der Waals surface area (Å²) < 4.78 is 110. The van der Waals surface area contributed by atoms with E-state index < -0.39 is 110 Å². The fraction of sp³-hybridized carbons (Fsp3) is 0.533. The fourth-order valence-electron chi connectivity index (χ4n) is 6.57. The molecule has 16 nitrogen and oxygen atoms in total. The Hall–Kier alpha value is -3.97. The Morgan fingerprint density at radius 1 is 0.446 bits per heavy atom. The summed E-state index contributed by atoms with van der Waals surface area (Å²) in [7, 11) is -16.2. The van der Waals surface area contributed by atoms with Crippen molar-refractivity contribution < 1.29 is 57.8 Å². The fourth-order valence-corrected chi connectivity index (χ4v) is 11.6. The van der Waals surface area contributed by atoms with Gasteiger partial charge in [0.15, 0.2) is 29.5 Å². The first-order valence-corrected chi connectivity index (χ1v) is 29.0. The number of carbonyl (C=O) groups is 3. The third-order valence-corrected chi connectivity index (χ3v) is 16.3. The van der Waals surface area contributed by atoms with E-state index in [2.05, 4.69) is 16.0 Å². The van der Waals surface area contributed by atoms with Crippen molar-refractivity contribution in [3.63, 3.8) is 0 Å². The smallest absolute Gasteiger partial charge is 0.346 e. The Labute approximate surface area is 385 Å². The SMILES string of the molecule is CCCCCS(=O)(=O)CC(=O)N[C@@H](COP(=O)(OC[C@H](NC(=O)CS(=O)(=O)CCCCC)c1ccccc1)OC[C@H](NC(=O)CS(=O)(=O)CCCCC)c1ccccc1)c1ccccc1. The lowest BCUT2D eigenvalue weighted by molar-refractivity contribution is -0.120. The molecule has 0 saturated heterocycles. The zero-order valence-corrected chi connectivity index (χ0v) is 40.9. The van der Waals surface area contributed by atoms with Gasteiger partial charge in [0.05, 0.1) is 55.2 Å². The molecule has 3 rings (SSSR count). The standard InChI is InChI=1S/C45H66N3O13PS3/c1-4-7-19-28-63(53,54)34-43(49)46-40(37-22-13-10-14-23-37)31-59-62(52,60-32-41(38-24-15-11-16-25-38)47-44(50)35-64(55,56)29-20-8-5-2)61-33-42(39-26-17-12-18-27-39)48-45(51)36-65(57,58)30-21-9-6-3/h10-18,22-27,40-42H,4-9,19-21,28-36H2,1-3H3,(H,46,49)(H,47,50)(H,48,51)/t40-,41-,42-/m0/s1. The van der Waals surface area contributed by atoms with Gasteiger partial charge in [0.1, 0.15) is 17.3 Å². The van der Waals surface area contributed by atoms with Crippen molar-refractivity contribution in [2.24, 2.45) is 0 Å². The van der Waals surface area contributed by atoms with Crippen LogP contribution in [0.5, 0.6) is 0 Å². The van der Waals surface area contributed by atoms with Crippen molar-refractivity contribution >= 4 is 55.1 Å². The van der Waals surface area contributed by atoms with Gasteiger partial charge in [-0.2, -0.15) is 0 Å². The number of phosphoric ester groups is 1. The summed E-state index contributed by atoms with van der Waals surface area (Å²) in [6.07, 6.45) is 5.59. The molecule has 3 amide bonds. The van der Waals surface area contributed by atoms with Gasteiger partial charge < -0.3 is 16.0 Å². The normalized spacial score (nSPS) is 13.6. The van der Waals surface area contributed by atoms with Gasteiger partial charge >= 0.3 is 7.82 Å². The minimum absolute atomic E-state index is 0.175. The Bertz CT molecular complexity index is 2030. The molecular weight excluding hydrogens is 918 g/mol. The van der Waals surface area contributed by atoms with E-state index >= 15 is 0 Å². The van der Waals surface area contributed by atoms with E-state index in [-0.39, 0.29) is 17.3 Å². The molecule has 0 aliphatic carbocycles. The summed E-state index contributed by atoms with van der Waals surface area (Å²) in [6.45, 7) is 4.03. The van der Waals surface area contributed by atoms with E-state index in [0.717, 1.165) is 19.3 Å². The number of hydrogen-bond donors (Lipinski definition) is 3. The molecule has 3 aromatic carbocycles. The molecule has 3 N–H and O–H groups in total. The van der Waals surface area contributed by atoms with Crippen molar-refractivity contribution in [3.8, 4) is 0 Å². The molecule has 0 unspecified atom stereocenters. The van der Waals surface area contributed by atoms with Gasteiger partial charge in [0.25, 0.3) is 0 Å². The third kappa shape index (κ3) is 22.4. The van der Waals surface area contributed by atoms with Crippen LogP contribution in [0.25, 0.3) is 0 Å². The van der Waals surface area contributed by atoms with E-state index in [0.29, 0.717) is 55.2 Å². The summed E-state index contributed by atoms with van der Waals surface area (Å²) >= 11 is 0. The molecule has 362 valence electrons. The zero-order chi connectivity index (χ0) is 47.8. The van der Waals surface area contributed by atoms with Crippen LogP contribution in [0.1, 0.15) is 113 Å². The Kier molecular flexibility index (Phi) is 24.1. The van der Waals surface area contributed by atoms with E-state index in [1.165, 1.54) is 0 Å². The minimum Gasteiger partial charge on any atom is -0.346 e. The number of nitrogens with one attached hydrogen (secondary N) is 3. The second-order valence-electron chi connectivity index (χ2n) is 15.8. The topological polar surface area (TPSA) is 234 Å². The van der Waals surface area contributed by atoms with E-state index in [1.807, 2.05) is 20.8 Å². The quantitative estimate of drug-likeness (QED) is 0.0436. The predicted octanol–water partition coefficient (Wildman–Crippen LogP) is 6.53. The molecule has 0 aromatic heterocycles. The first kappa shape index (κ1) is 55.4. The van der Waals surface area contributed by atoms with Gasteiger partial charge in [0.2, 0.25) is 17.7 Å². The zero-order valence-electron chi connectivity index (χ0n) is 37.6. The summed E-state index contributed by atoms with van der Waals surface area (Å²) in [6, 6.07) is 21.9. The Balaban J connectivity index is 1.97. The van der Waals surface area contributed by atoms with Crippen molar-refractivity contribution in [1.82, 2.24) is 16.0 Å². The number of benzene rings is 3. The first-order chi connectivity index (χ1) is 30.9. The second-order valence-corrected chi connectivity index (χ2v) is 24.0. The number of rotatable bonds is 33. The van der Waals surface area contributed by atoms with Crippen molar-refractivity contribution in [3.05, 3.63) is 108 Å². The number of sulfone groups is 3. The average molecular weight is 984 g/mol. The van der Waals surface area contributed by atoms with E-state index in [1.54, 1.807) is 91.0 Å². The van der Waals surface area contributed by atoms with Crippen molar-refractivity contribution in [1.29, 1.82) is 0 Å². The first-order valence-electron chi connectivity index (χ1n) is 22.1. The largest absolute Gasteiger partial charge is 0.475 e. The highest BCUT2D eigenvalue weighted by Crippen LogP contribution is 2.51. The van der Waals surface area contributed by atoms with Crippen LogP contribution in [-0.2, 0) is 62.0 Å². The second kappa shape index (κ2) is 28.3. The lowest BCUT2D eigenvalue weighted by Gasteiger charge is -2.27. The van der Waals surface area contributed by atoms with Crippen molar-refractivity contribution in [2.75, 3.05) is 54.3 Å². The highest BCUT2D eigenvalue weighted by atomic mass is 32.2. The molecule has 65 heavy (non-hydrogen) atoms. The van der Waals surface area contributed by atoms with Gasteiger partial charge in [-0.1, -0.05) is 150 Å². The molecule has 0 aliphatic heterocycles. The summed E-state index contributed by atoms with van der Waals surface area (Å²) in [5.41, 5.74) is 1.37. The number of carbonyl (C=O) groups excluding carboxylic acids is 3. The van der Waals surface area contributed by atoms with Crippen LogP contribution in [-0.4, -0.2) is 97.3 Å².